The van der Waals surface area contributed by atoms with E-state index in [0.717, 1.165) is 90.2 Å². The van der Waals surface area contributed by atoms with Crippen molar-refractivity contribution in [1.82, 2.24) is 19.4 Å². The molecule has 7 nitrogen and oxygen atoms in total. The number of carbonyl (C=O) groups is 1. The third kappa shape index (κ3) is 5.55. The van der Waals surface area contributed by atoms with Crippen molar-refractivity contribution in [2.24, 2.45) is 0 Å². The Morgan fingerprint density at radius 1 is 0.952 bits per heavy atom. The third-order valence-electron chi connectivity index (χ3n) is 8.91. The number of amides is 1. The van der Waals surface area contributed by atoms with Crippen LogP contribution in [0.3, 0.4) is 0 Å². The molecule has 42 heavy (non-hydrogen) atoms. The number of ether oxygens (including phenoxy) is 1. The van der Waals surface area contributed by atoms with Crippen LogP contribution >= 0.6 is 0 Å². The number of hydrogen-bond acceptors (Lipinski definition) is 5. The summed E-state index contributed by atoms with van der Waals surface area (Å²) in [6, 6.07) is 18.7. The molecule has 2 aliphatic heterocycles. The fourth-order valence-electron chi connectivity index (χ4n) is 7.01. The molecule has 0 spiro atoms. The lowest BCUT2D eigenvalue weighted by atomic mass is 9.95. The van der Waals surface area contributed by atoms with Crippen molar-refractivity contribution in [2.45, 2.75) is 71.6 Å². The van der Waals surface area contributed by atoms with E-state index in [1.54, 1.807) is 7.11 Å². The van der Waals surface area contributed by atoms with E-state index >= 15 is 0 Å². The normalized spacial score (nSPS) is 19.8. The van der Waals surface area contributed by atoms with E-state index in [9.17, 15) is 9.90 Å². The number of β-amino-alcohol motifs (C(OH)–C–C–N with tert-alkyl or cyclic N) is 1. The van der Waals surface area contributed by atoms with Gasteiger partial charge in [-0.1, -0.05) is 23.8 Å². The summed E-state index contributed by atoms with van der Waals surface area (Å²) >= 11 is 0. The minimum atomic E-state index is -0.251. The van der Waals surface area contributed by atoms with Crippen molar-refractivity contribution in [3.8, 4) is 11.4 Å². The van der Waals surface area contributed by atoms with E-state index in [1.165, 1.54) is 11.1 Å². The molecule has 4 aromatic rings. The van der Waals surface area contributed by atoms with Crippen molar-refractivity contribution in [3.05, 3.63) is 88.2 Å². The number of hydrogen-bond donors (Lipinski definition) is 1. The predicted octanol–water partition coefficient (Wildman–Crippen LogP) is 6.28. The van der Waals surface area contributed by atoms with E-state index in [1.807, 2.05) is 26.0 Å². The van der Waals surface area contributed by atoms with Gasteiger partial charge in [-0.2, -0.15) is 0 Å². The Morgan fingerprint density at radius 2 is 1.71 bits per heavy atom. The molecule has 6 rings (SSSR count). The molecule has 1 aromatic heterocycles. The second kappa shape index (κ2) is 11.9. The molecule has 0 aliphatic carbocycles. The van der Waals surface area contributed by atoms with Gasteiger partial charge in [0, 0.05) is 30.9 Å². The van der Waals surface area contributed by atoms with Crippen molar-refractivity contribution >= 4 is 16.9 Å². The van der Waals surface area contributed by atoms with E-state index in [-0.39, 0.29) is 18.1 Å². The zero-order chi connectivity index (χ0) is 29.4. The fourth-order valence-corrected chi connectivity index (χ4v) is 7.01. The summed E-state index contributed by atoms with van der Waals surface area (Å²) < 4.78 is 7.67. The number of imidazole rings is 1. The van der Waals surface area contributed by atoms with Crippen LogP contribution in [-0.2, 0) is 6.54 Å². The Morgan fingerprint density at radius 3 is 2.43 bits per heavy atom. The number of carbonyl (C=O) groups excluding carboxylic acids is 1. The molecule has 2 fully saturated rings. The Bertz CT molecular complexity index is 1570. The SMILES string of the molecule is COc1ccc(-n2c(C3CCCCN3C(=O)c3c(C)cc(C)cc3C)nc3cc(CN4CCCC(O)C4)ccc32)cc1. The van der Waals surface area contributed by atoms with E-state index in [0.29, 0.717) is 13.1 Å². The van der Waals surface area contributed by atoms with Gasteiger partial charge in [0.25, 0.3) is 5.91 Å². The average molecular weight is 567 g/mol. The smallest absolute Gasteiger partial charge is 0.255 e. The molecule has 2 unspecified atom stereocenters. The highest BCUT2D eigenvalue weighted by Gasteiger charge is 2.34. The molecular formula is C35H42N4O3. The third-order valence-corrected chi connectivity index (χ3v) is 8.91. The van der Waals surface area contributed by atoms with Gasteiger partial charge in [-0.15, -0.1) is 0 Å². The number of methoxy groups -OCH3 is 1. The highest BCUT2D eigenvalue weighted by molar-refractivity contribution is 5.97. The summed E-state index contributed by atoms with van der Waals surface area (Å²) in [6.07, 6.45) is 4.55. The molecular weight excluding hydrogens is 524 g/mol. The lowest BCUT2D eigenvalue weighted by Gasteiger charge is -2.36. The number of fused-ring (bicyclic) bond motifs is 1. The number of benzene rings is 3. The first-order chi connectivity index (χ1) is 20.3. The van der Waals surface area contributed by atoms with Crippen LogP contribution in [-0.4, -0.2) is 63.2 Å². The molecule has 1 N–H and O–H groups in total. The molecule has 2 saturated heterocycles. The summed E-state index contributed by atoms with van der Waals surface area (Å²) in [5.41, 5.74) is 8.18. The monoisotopic (exact) mass is 566 g/mol. The standard InChI is InChI=1S/C35H42N4O3/c1-23-18-24(2)33(25(3)19-23)35(41)38-17-6-5-9-32(38)34-36-30-20-26(21-37-16-7-8-28(40)22-37)10-15-31(30)39(34)27-11-13-29(42-4)14-12-27/h10-15,18-20,28,32,40H,5-9,16-17,21-22H2,1-4H3. The molecule has 0 bridgehead atoms. The molecule has 2 aliphatic rings. The number of aliphatic hydroxyl groups is 1. The topological polar surface area (TPSA) is 70.8 Å². The molecule has 3 aromatic carbocycles. The van der Waals surface area contributed by atoms with Crippen molar-refractivity contribution in [2.75, 3.05) is 26.7 Å². The van der Waals surface area contributed by atoms with Crippen LogP contribution in [0.1, 0.15) is 76.6 Å². The fraction of sp³-hybridized carbons (Fsp3) is 0.429. The maximum absolute atomic E-state index is 14.2. The predicted molar refractivity (Wildman–Crippen MR) is 166 cm³/mol. The molecule has 0 radical (unpaired) electrons. The van der Waals surface area contributed by atoms with Crippen molar-refractivity contribution in [1.29, 1.82) is 0 Å². The van der Waals surface area contributed by atoms with Gasteiger partial charge in [0.1, 0.15) is 11.6 Å². The Hall–Kier alpha value is -3.68. The van der Waals surface area contributed by atoms with Crippen LogP contribution in [0.5, 0.6) is 5.75 Å². The van der Waals surface area contributed by atoms with Gasteiger partial charge in [0.15, 0.2) is 0 Å². The molecule has 1 amide bonds. The Labute approximate surface area is 248 Å². The second-order valence-corrected chi connectivity index (χ2v) is 12.1. The number of aliphatic hydroxyl groups excluding tert-OH is 1. The summed E-state index contributed by atoms with van der Waals surface area (Å²) in [6.45, 7) is 9.38. The van der Waals surface area contributed by atoms with Gasteiger partial charge in [0.05, 0.1) is 30.3 Å². The molecule has 0 saturated carbocycles. The average Bonchev–Trinajstić information content (AvgIpc) is 3.35. The minimum absolute atomic E-state index is 0.0902. The first-order valence-electron chi connectivity index (χ1n) is 15.3. The van der Waals surface area contributed by atoms with Crippen LogP contribution in [0.4, 0.5) is 0 Å². The second-order valence-electron chi connectivity index (χ2n) is 12.1. The minimum Gasteiger partial charge on any atom is -0.497 e. The van der Waals surface area contributed by atoms with Crippen LogP contribution in [0, 0.1) is 20.8 Å². The Kier molecular flexibility index (Phi) is 8.06. The number of rotatable bonds is 6. The number of likely N-dealkylation sites (tertiary alicyclic amines) is 2. The first-order valence-corrected chi connectivity index (χ1v) is 15.3. The van der Waals surface area contributed by atoms with E-state index < -0.39 is 0 Å². The van der Waals surface area contributed by atoms with E-state index in [2.05, 4.69) is 63.8 Å². The highest BCUT2D eigenvalue weighted by atomic mass is 16.5. The summed E-state index contributed by atoms with van der Waals surface area (Å²) in [7, 11) is 1.68. The van der Waals surface area contributed by atoms with Crippen LogP contribution in [0.25, 0.3) is 16.7 Å². The summed E-state index contributed by atoms with van der Waals surface area (Å²) in [5, 5.41) is 10.2. The molecule has 220 valence electrons. The summed E-state index contributed by atoms with van der Waals surface area (Å²) in [5.74, 6) is 1.79. The number of aromatic nitrogens is 2. The first kappa shape index (κ1) is 28.4. The quantitative estimate of drug-likeness (QED) is 0.297. The van der Waals surface area contributed by atoms with Crippen molar-refractivity contribution < 1.29 is 14.6 Å². The van der Waals surface area contributed by atoms with Crippen LogP contribution in [0.2, 0.25) is 0 Å². The lowest BCUT2D eigenvalue weighted by Crippen LogP contribution is -2.40. The van der Waals surface area contributed by atoms with Crippen LogP contribution < -0.4 is 4.74 Å². The number of aryl methyl sites for hydroxylation is 3. The maximum atomic E-state index is 14.2. The molecule has 2 atom stereocenters. The molecule has 3 heterocycles. The van der Waals surface area contributed by atoms with Gasteiger partial charge in [-0.3, -0.25) is 14.3 Å². The number of nitrogens with zero attached hydrogens (tertiary/aromatic N) is 4. The van der Waals surface area contributed by atoms with Gasteiger partial charge < -0.3 is 14.7 Å². The zero-order valence-electron chi connectivity index (χ0n) is 25.3. The van der Waals surface area contributed by atoms with Crippen LogP contribution in [0.15, 0.2) is 54.6 Å². The highest BCUT2D eigenvalue weighted by Crippen LogP contribution is 2.37. The molecule has 7 heteroatoms. The van der Waals surface area contributed by atoms with Gasteiger partial charge in [0.2, 0.25) is 0 Å². The maximum Gasteiger partial charge on any atom is 0.255 e. The number of piperidine rings is 2. The van der Waals surface area contributed by atoms with Crippen molar-refractivity contribution in [3.63, 3.8) is 0 Å². The lowest BCUT2D eigenvalue weighted by molar-refractivity contribution is 0.0596. The largest absolute Gasteiger partial charge is 0.497 e. The zero-order valence-corrected chi connectivity index (χ0v) is 25.3. The van der Waals surface area contributed by atoms with Gasteiger partial charge >= 0.3 is 0 Å². The van der Waals surface area contributed by atoms with E-state index in [4.69, 9.17) is 9.72 Å². The van der Waals surface area contributed by atoms with Gasteiger partial charge in [-0.05, 0) is 113 Å². The van der Waals surface area contributed by atoms with Gasteiger partial charge in [-0.25, -0.2) is 4.98 Å². The summed E-state index contributed by atoms with van der Waals surface area (Å²) in [4.78, 5) is 23.9. The Balaban J connectivity index is 1.43.